The quantitative estimate of drug-likeness (QED) is 0.273. The van der Waals surface area contributed by atoms with Crippen molar-refractivity contribution in [2.75, 3.05) is 0 Å². The molecule has 1 aliphatic rings. The summed E-state index contributed by atoms with van der Waals surface area (Å²) in [5.41, 5.74) is 5.46. The van der Waals surface area contributed by atoms with E-state index < -0.39 is 0 Å². The van der Waals surface area contributed by atoms with Crippen LogP contribution >= 0.6 is 0 Å². The zero-order chi connectivity index (χ0) is 24.1. The number of fused-ring (bicyclic) bond motifs is 2. The van der Waals surface area contributed by atoms with E-state index in [0.717, 1.165) is 35.0 Å². The molecule has 3 aromatic rings. The molecule has 34 heavy (non-hydrogen) atoms. The van der Waals surface area contributed by atoms with E-state index in [4.69, 9.17) is 0 Å². The average molecular weight is 456 g/mol. The summed E-state index contributed by atoms with van der Waals surface area (Å²) in [4.78, 5) is 27.5. The number of rotatable bonds is 11. The molecule has 1 aliphatic carbocycles. The third-order valence-electron chi connectivity index (χ3n) is 7.40. The van der Waals surface area contributed by atoms with E-state index in [-0.39, 0.29) is 11.6 Å². The van der Waals surface area contributed by atoms with Gasteiger partial charge in [-0.2, -0.15) is 0 Å². The van der Waals surface area contributed by atoms with Gasteiger partial charge in [0.15, 0.2) is 11.6 Å². The number of hydrogen-bond donors (Lipinski definition) is 0. The summed E-state index contributed by atoms with van der Waals surface area (Å²) in [6.45, 7) is 4.30. The minimum Gasteiger partial charge on any atom is -0.347 e. The van der Waals surface area contributed by atoms with E-state index in [0.29, 0.717) is 28.7 Å². The summed E-state index contributed by atoms with van der Waals surface area (Å²) in [5.74, 6) is 0.0117. The lowest BCUT2D eigenvalue weighted by Gasteiger charge is -2.22. The maximum atomic E-state index is 13.8. The van der Waals surface area contributed by atoms with Crippen LogP contribution < -0.4 is 0 Å². The Balaban J connectivity index is 1.62. The van der Waals surface area contributed by atoms with Gasteiger partial charge in [-0.1, -0.05) is 101 Å². The van der Waals surface area contributed by atoms with Gasteiger partial charge in [-0.15, -0.1) is 0 Å². The van der Waals surface area contributed by atoms with Gasteiger partial charge >= 0.3 is 0 Å². The van der Waals surface area contributed by atoms with E-state index in [1.54, 1.807) is 12.1 Å². The van der Waals surface area contributed by atoms with E-state index in [2.05, 4.69) is 30.5 Å². The summed E-state index contributed by atoms with van der Waals surface area (Å²) in [6.07, 6.45) is 11.7. The molecule has 0 spiro atoms. The molecule has 1 aromatic heterocycles. The van der Waals surface area contributed by atoms with E-state index in [9.17, 15) is 9.59 Å². The number of Topliss-reactive ketones (excluding diaryl/α,β-unsaturated/α-hetero) is 2. The van der Waals surface area contributed by atoms with Crippen molar-refractivity contribution in [3.05, 3.63) is 76.5 Å². The topological polar surface area (TPSA) is 39.1 Å². The van der Waals surface area contributed by atoms with Crippen LogP contribution in [0.15, 0.2) is 54.1 Å². The summed E-state index contributed by atoms with van der Waals surface area (Å²) < 4.78 is 2.13. The molecular formula is C31H37NO2. The number of aromatic nitrogens is 1. The first-order valence-electron chi connectivity index (χ1n) is 13.0. The Kier molecular flexibility index (Phi) is 7.82. The molecule has 1 heterocycles. The number of carbonyl (C=O) groups excluding carboxylic acids is 2. The molecule has 0 saturated heterocycles. The van der Waals surface area contributed by atoms with Crippen LogP contribution in [0.2, 0.25) is 0 Å². The molecule has 0 amide bonds. The van der Waals surface area contributed by atoms with Crippen molar-refractivity contribution in [1.29, 1.82) is 0 Å². The largest absolute Gasteiger partial charge is 0.347 e. The van der Waals surface area contributed by atoms with Crippen molar-refractivity contribution < 1.29 is 9.59 Å². The highest BCUT2D eigenvalue weighted by Crippen LogP contribution is 2.40. The Hall–Kier alpha value is -2.94. The van der Waals surface area contributed by atoms with Gasteiger partial charge in [0.05, 0.1) is 0 Å². The highest BCUT2D eigenvalue weighted by molar-refractivity contribution is 6.42. The van der Waals surface area contributed by atoms with Crippen molar-refractivity contribution in [3.63, 3.8) is 0 Å². The Morgan fingerprint density at radius 1 is 0.706 bits per heavy atom. The summed E-state index contributed by atoms with van der Waals surface area (Å²) in [7, 11) is 2.03. The molecule has 0 unspecified atom stereocenters. The van der Waals surface area contributed by atoms with Gasteiger partial charge in [0.2, 0.25) is 0 Å². The number of hydrogen-bond acceptors (Lipinski definition) is 2. The normalized spacial score (nSPS) is 13.7. The van der Waals surface area contributed by atoms with Crippen molar-refractivity contribution in [3.8, 4) is 0 Å². The molecule has 3 nitrogen and oxygen atoms in total. The molecule has 0 saturated carbocycles. The molecule has 0 N–H and O–H groups in total. The lowest BCUT2D eigenvalue weighted by Crippen LogP contribution is -2.22. The zero-order valence-electron chi connectivity index (χ0n) is 21.0. The third kappa shape index (κ3) is 4.66. The van der Waals surface area contributed by atoms with E-state index in [1.165, 1.54) is 44.9 Å². The van der Waals surface area contributed by atoms with Crippen LogP contribution in [0.5, 0.6) is 0 Å². The SMILES string of the molecule is CCCCCCCCCCCC1=C(c2c(C)n(C)c3ccccc23)C(=O)c2ccccc2C1=O. The minimum absolute atomic E-state index is 0.0134. The maximum absolute atomic E-state index is 13.8. The summed E-state index contributed by atoms with van der Waals surface area (Å²) in [5, 5.41) is 1.04. The smallest absolute Gasteiger partial charge is 0.194 e. The number of ketones is 2. The van der Waals surface area contributed by atoms with Gasteiger partial charge in [-0.25, -0.2) is 0 Å². The standard InChI is InChI=1S/C31H37NO2/c1-4-5-6-7-8-9-10-11-12-20-26-29(31(34)24-18-14-13-17-23(24)30(26)33)28-22(2)32(3)27-21-16-15-19-25(27)28/h13-19,21H,4-12,20H2,1-3H3. The van der Waals surface area contributed by atoms with Gasteiger partial charge in [-0.05, 0) is 25.8 Å². The Bertz CT molecular complexity index is 1230. The number of para-hydroxylation sites is 1. The first-order chi connectivity index (χ1) is 16.6. The highest BCUT2D eigenvalue weighted by atomic mass is 16.1. The molecule has 0 radical (unpaired) electrons. The number of benzene rings is 2. The van der Waals surface area contributed by atoms with Crippen LogP contribution in [0, 0.1) is 6.92 Å². The molecule has 0 aliphatic heterocycles. The first-order valence-corrected chi connectivity index (χ1v) is 13.0. The maximum Gasteiger partial charge on any atom is 0.194 e. The lowest BCUT2D eigenvalue weighted by atomic mass is 9.78. The van der Waals surface area contributed by atoms with Gasteiger partial charge < -0.3 is 4.57 Å². The van der Waals surface area contributed by atoms with Crippen LogP contribution in [0.1, 0.15) is 103 Å². The fourth-order valence-corrected chi connectivity index (χ4v) is 5.38. The zero-order valence-corrected chi connectivity index (χ0v) is 21.0. The Morgan fingerprint density at radius 2 is 1.26 bits per heavy atom. The van der Waals surface area contributed by atoms with Gasteiger partial charge in [0.25, 0.3) is 0 Å². The number of allylic oxidation sites excluding steroid dienone is 2. The minimum atomic E-state index is -0.0134. The fraction of sp³-hybridized carbons (Fsp3) is 0.419. The van der Waals surface area contributed by atoms with Crippen molar-refractivity contribution in [1.82, 2.24) is 4.57 Å². The highest BCUT2D eigenvalue weighted by Gasteiger charge is 2.34. The predicted octanol–water partition coefficient (Wildman–Crippen LogP) is 8.24. The Morgan fingerprint density at radius 3 is 1.94 bits per heavy atom. The van der Waals surface area contributed by atoms with Crippen LogP contribution in [-0.2, 0) is 7.05 Å². The summed E-state index contributed by atoms with van der Waals surface area (Å²) >= 11 is 0. The number of carbonyl (C=O) groups is 2. The second kappa shape index (κ2) is 11.0. The predicted molar refractivity (Wildman–Crippen MR) is 142 cm³/mol. The van der Waals surface area contributed by atoms with Crippen LogP contribution in [-0.4, -0.2) is 16.1 Å². The van der Waals surface area contributed by atoms with E-state index in [1.807, 2.05) is 31.3 Å². The molecule has 0 bridgehead atoms. The molecule has 178 valence electrons. The Labute approximate surface area is 203 Å². The number of aryl methyl sites for hydroxylation is 1. The van der Waals surface area contributed by atoms with Gasteiger partial charge in [0.1, 0.15) is 0 Å². The first kappa shape index (κ1) is 24.2. The van der Waals surface area contributed by atoms with Crippen molar-refractivity contribution >= 4 is 28.0 Å². The van der Waals surface area contributed by atoms with E-state index >= 15 is 0 Å². The molecule has 2 aromatic carbocycles. The van der Waals surface area contributed by atoms with Crippen molar-refractivity contribution in [2.45, 2.75) is 78.1 Å². The lowest BCUT2D eigenvalue weighted by molar-refractivity contribution is 0.0988. The van der Waals surface area contributed by atoms with Gasteiger partial charge in [-0.3, -0.25) is 9.59 Å². The third-order valence-corrected chi connectivity index (χ3v) is 7.40. The molecule has 0 atom stereocenters. The monoisotopic (exact) mass is 455 g/mol. The number of unbranched alkanes of at least 4 members (excludes halogenated alkanes) is 8. The second-order valence-corrected chi connectivity index (χ2v) is 9.67. The fourth-order valence-electron chi connectivity index (χ4n) is 5.38. The molecular weight excluding hydrogens is 418 g/mol. The van der Waals surface area contributed by atoms with Gasteiger partial charge in [0, 0.05) is 51.5 Å². The average Bonchev–Trinajstić information content (AvgIpc) is 3.11. The molecule has 0 fully saturated rings. The molecule has 3 heteroatoms. The van der Waals surface area contributed by atoms with Crippen LogP contribution in [0.25, 0.3) is 16.5 Å². The molecule has 4 rings (SSSR count). The van der Waals surface area contributed by atoms with Crippen LogP contribution in [0.3, 0.4) is 0 Å². The number of nitrogens with zero attached hydrogens (tertiary/aromatic N) is 1. The van der Waals surface area contributed by atoms with Crippen LogP contribution in [0.4, 0.5) is 0 Å². The van der Waals surface area contributed by atoms with Crippen molar-refractivity contribution in [2.24, 2.45) is 7.05 Å². The second-order valence-electron chi connectivity index (χ2n) is 9.67. The summed E-state index contributed by atoms with van der Waals surface area (Å²) in [6, 6.07) is 15.5.